The third-order valence-electron chi connectivity index (χ3n) is 4.47. The Labute approximate surface area is 125 Å². The molecule has 5 nitrogen and oxygen atoms in total. The Morgan fingerprint density at radius 3 is 2.62 bits per heavy atom. The van der Waals surface area contributed by atoms with E-state index in [4.69, 9.17) is 5.26 Å². The molecule has 0 bridgehead atoms. The summed E-state index contributed by atoms with van der Waals surface area (Å²) in [6.45, 7) is 3.46. The van der Waals surface area contributed by atoms with E-state index >= 15 is 0 Å². The van der Waals surface area contributed by atoms with E-state index in [1.165, 1.54) is 0 Å². The van der Waals surface area contributed by atoms with E-state index < -0.39 is 0 Å². The highest BCUT2D eigenvalue weighted by atomic mass is 16.2. The Hall–Kier alpha value is -2.09. The average Bonchev–Trinajstić information content (AvgIpc) is 3.09. The SMILES string of the molecule is N#Cc1cccnc1N1CCC(C(=O)N2CCCC2)CC1. The second-order valence-corrected chi connectivity index (χ2v) is 5.78. The van der Waals surface area contributed by atoms with Crippen LogP contribution in [0, 0.1) is 17.2 Å². The van der Waals surface area contributed by atoms with Crippen LogP contribution in [0.15, 0.2) is 18.3 Å². The fourth-order valence-corrected chi connectivity index (χ4v) is 3.27. The van der Waals surface area contributed by atoms with Crippen molar-refractivity contribution in [1.29, 1.82) is 5.26 Å². The molecular weight excluding hydrogens is 264 g/mol. The summed E-state index contributed by atoms with van der Waals surface area (Å²) in [5.74, 6) is 1.23. The molecule has 2 saturated heterocycles. The van der Waals surface area contributed by atoms with Crippen LogP contribution >= 0.6 is 0 Å². The molecule has 3 heterocycles. The van der Waals surface area contributed by atoms with Crippen LogP contribution in [0.2, 0.25) is 0 Å². The smallest absolute Gasteiger partial charge is 0.225 e. The van der Waals surface area contributed by atoms with Crippen molar-refractivity contribution in [3.63, 3.8) is 0 Å². The lowest BCUT2D eigenvalue weighted by atomic mass is 9.95. The molecule has 2 fully saturated rings. The van der Waals surface area contributed by atoms with E-state index in [-0.39, 0.29) is 5.92 Å². The number of anilines is 1. The third-order valence-corrected chi connectivity index (χ3v) is 4.47. The van der Waals surface area contributed by atoms with Crippen molar-refractivity contribution in [1.82, 2.24) is 9.88 Å². The van der Waals surface area contributed by atoms with E-state index in [0.717, 1.165) is 57.7 Å². The molecule has 2 aliphatic rings. The van der Waals surface area contributed by atoms with Gasteiger partial charge in [0.05, 0.1) is 5.56 Å². The summed E-state index contributed by atoms with van der Waals surface area (Å²) in [6, 6.07) is 5.77. The number of pyridine rings is 1. The maximum absolute atomic E-state index is 12.4. The van der Waals surface area contributed by atoms with Gasteiger partial charge in [-0.15, -0.1) is 0 Å². The van der Waals surface area contributed by atoms with Crippen molar-refractivity contribution in [3.8, 4) is 6.07 Å². The molecule has 110 valence electrons. The minimum Gasteiger partial charge on any atom is -0.355 e. The fraction of sp³-hybridized carbons (Fsp3) is 0.562. The normalized spacial score (nSPS) is 19.6. The number of carbonyl (C=O) groups excluding carboxylic acids is 1. The van der Waals surface area contributed by atoms with Gasteiger partial charge in [-0.1, -0.05) is 0 Å². The minimum atomic E-state index is 0.147. The lowest BCUT2D eigenvalue weighted by Gasteiger charge is -2.34. The Bertz CT molecular complexity index is 552. The molecule has 0 aliphatic carbocycles. The van der Waals surface area contributed by atoms with Crippen molar-refractivity contribution in [3.05, 3.63) is 23.9 Å². The first-order valence-electron chi connectivity index (χ1n) is 7.68. The lowest BCUT2D eigenvalue weighted by Crippen LogP contribution is -2.42. The average molecular weight is 284 g/mol. The van der Waals surface area contributed by atoms with E-state index in [9.17, 15) is 4.79 Å². The van der Waals surface area contributed by atoms with Gasteiger partial charge in [0.2, 0.25) is 5.91 Å². The lowest BCUT2D eigenvalue weighted by molar-refractivity contribution is -0.135. The first kappa shape index (κ1) is 13.9. The Balaban J connectivity index is 1.62. The number of amides is 1. The standard InChI is InChI=1S/C16H20N4O/c17-12-14-4-3-7-18-15(14)19-10-5-13(6-11-19)16(21)20-8-1-2-9-20/h3-4,7,13H,1-2,5-6,8-11H2. The van der Waals surface area contributed by atoms with Gasteiger partial charge in [-0.3, -0.25) is 4.79 Å². The number of hydrogen-bond donors (Lipinski definition) is 0. The number of carbonyl (C=O) groups is 1. The highest BCUT2D eigenvalue weighted by Gasteiger charge is 2.30. The summed E-state index contributed by atoms with van der Waals surface area (Å²) < 4.78 is 0. The number of rotatable bonds is 2. The molecule has 3 rings (SSSR count). The summed E-state index contributed by atoms with van der Waals surface area (Å²) in [5.41, 5.74) is 0.613. The molecule has 0 aromatic carbocycles. The molecule has 1 amide bonds. The number of nitriles is 1. The number of hydrogen-bond acceptors (Lipinski definition) is 4. The van der Waals surface area contributed by atoms with Gasteiger partial charge in [0.1, 0.15) is 11.9 Å². The van der Waals surface area contributed by atoms with E-state index in [1.807, 2.05) is 4.90 Å². The largest absolute Gasteiger partial charge is 0.355 e. The molecule has 1 aromatic heterocycles. The quantitative estimate of drug-likeness (QED) is 0.830. The fourth-order valence-electron chi connectivity index (χ4n) is 3.27. The van der Waals surface area contributed by atoms with Crippen LogP contribution in [-0.4, -0.2) is 42.0 Å². The van der Waals surface area contributed by atoms with Gasteiger partial charge in [-0.25, -0.2) is 4.98 Å². The molecule has 0 unspecified atom stereocenters. The topological polar surface area (TPSA) is 60.2 Å². The molecule has 2 aliphatic heterocycles. The first-order chi connectivity index (χ1) is 10.3. The molecule has 21 heavy (non-hydrogen) atoms. The van der Waals surface area contributed by atoms with Gasteiger partial charge < -0.3 is 9.80 Å². The number of aromatic nitrogens is 1. The molecule has 5 heteroatoms. The second-order valence-electron chi connectivity index (χ2n) is 5.78. The molecule has 0 saturated carbocycles. The predicted octanol–water partition coefficient (Wildman–Crippen LogP) is 1.79. The predicted molar refractivity (Wildman–Crippen MR) is 79.7 cm³/mol. The Kier molecular flexibility index (Phi) is 4.05. The summed E-state index contributed by atoms with van der Waals surface area (Å²) in [5, 5.41) is 9.16. The maximum Gasteiger partial charge on any atom is 0.225 e. The Morgan fingerprint density at radius 1 is 1.24 bits per heavy atom. The van der Waals surface area contributed by atoms with Crippen molar-refractivity contribution < 1.29 is 4.79 Å². The van der Waals surface area contributed by atoms with Gasteiger partial charge in [-0.05, 0) is 37.8 Å². The highest BCUT2D eigenvalue weighted by Crippen LogP contribution is 2.26. The van der Waals surface area contributed by atoms with Gasteiger partial charge in [0.25, 0.3) is 0 Å². The van der Waals surface area contributed by atoms with Crippen LogP contribution in [0.4, 0.5) is 5.82 Å². The van der Waals surface area contributed by atoms with Crippen molar-refractivity contribution in [2.45, 2.75) is 25.7 Å². The van der Waals surface area contributed by atoms with Crippen molar-refractivity contribution >= 4 is 11.7 Å². The summed E-state index contributed by atoms with van der Waals surface area (Å²) in [4.78, 5) is 20.9. The van der Waals surface area contributed by atoms with E-state index in [0.29, 0.717) is 11.5 Å². The molecule has 0 radical (unpaired) electrons. The molecule has 0 atom stereocenters. The van der Waals surface area contributed by atoms with Gasteiger partial charge in [0.15, 0.2) is 0 Å². The molecule has 0 spiro atoms. The van der Waals surface area contributed by atoms with Crippen LogP contribution in [0.5, 0.6) is 0 Å². The zero-order valence-corrected chi connectivity index (χ0v) is 12.2. The first-order valence-corrected chi connectivity index (χ1v) is 7.68. The molecule has 1 aromatic rings. The third kappa shape index (κ3) is 2.85. The molecular formula is C16H20N4O. The van der Waals surface area contributed by atoms with E-state index in [2.05, 4.69) is 16.0 Å². The van der Waals surface area contributed by atoms with Crippen LogP contribution in [0.3, 0.4) is 0 Å². The van der Waals surface area contributed by atoms with Crippen LogP contribution in [0.25, 0.3) is 0 Å². The zero-order valence-electron chi connectivity index (χ0n) is 12.2. The molecule has 0 N–H and O–H groups in total. The van der Waals surface area contributed by atoms with Gasteiger partial charge in [0, 0.05) is 38.3 Å². The minimum absolute atomic E-state index is 0.147. The number of piperidine rings is 1. The van der Waals surface area contributed by atoms with Crippen LogP contribution < -0.4 is 4.90 Å². The maximum atomic E-state index is 12.4. The second kappa shape index (κ2) is 6.13. The number of likely N-dealkylation sites (tertiary alicyclic amines) is 1. The van der Waals surface area contributed by atoms with Gasteiger partial charge >= 0.3 is 0 Å². The number of nitrogens with zero attached hydrogens (tertiary/aromatic N) is 4. The summed E-state index contributed by atoms with van der Waals surface area (Å²) in [7, 11) is 0. The monoisotopic (exact) mass is 284 g/mol. The van der Waals surface area contributed by atoms with Crippen molar-refractivity contribution in [2.75, 3.05) is 31.1 Å². The van der Waals surface area contributed by atoms with Gasteiger partial charge in [-0.2, -0.15) is 5.26 Å². The van der Waals surface area contributed by atoms with Crippen LogP contribution in [-0.2, 0) is 4.79 Å². The highest BCUT2D eigenvalue weighted by molar-refractivity contribution is 5.79. The van der Waals surface area contributed by atoms with E-state index in [1.54, 1.807) is 18.3 Å². The summed E-state index contributed by atoms with van der Waals surface area (Å²) >= 11 is 0. The van der Waals surface area contributed by atoms with Crippen LogP contribution in [0.1, 0.15) is 31.2 Å². The zero-order chi connectivity index (χ0) is 14.7. The Morgan fingerprint density at radius 2 is 1.95 bits per heavy atom. The summed E-state index contributed by atoms with van der Waals surface area (Å²) in [6.07, 6.45) is 5.72. The van der Waals surface area contributed by atoms with Crippen molar-refractivity contribution in [2.24, 2.45) is 5.92 Å².